The Morgan fingerprint density at radius 3 is 2.80 bits per heavy atom. The van der Waals surface area contributed by atoms with Crippen molar-refractivity contribution < 1.29 is 0 Å². The van der Waals surface area contributed by atoms with Gasteiger partial charge >= 0.3 is 0 Å². The minimum atomic E-state index is 0.449. The number of hydrogen-bond donors (Lipinski definition) is 0. The fourth-order valence-electron chi connectivity index (χ4n) is 3.26. The molecule has 1 aliphatic rings. The van der Waals surface area contributed by atoms with Crippen LogP contribution in [0.2, 0.25) is 0 Å². The zero-order valence-corrected chi connectivity index (χ0v) is 13.2. The van der Waals surface area contributed by atoms with E-state index in [1.807, 2.05) is 18.7 Å². The maximum atomic E-state index is 6.09. The highest BCUT2D eigenvalue weighted by Crippen LogP contribution is 2.23. The summed E-state index contributed by atoms with van der Waals surface area (Å²) in [5, 5.41) is 4.48. The molecule has 1 aliphatic heterocycles. The Morgan fingerprint density at radius 2 is 2.10 bits per heavy atom. The highest BCUT2D eigenvalue weighted by atomic mass is 35.5. The predicted molar refractivity (Wildman–Crippen MR) is 81.1 cm³/mol. The first-order valence-electron chi connectivity index (χ1n) is 7.26. The molecule has 2 aromatic heterocycles. The molecule has 3 heterocycles. The van der Waals surface area contributed by atoms with E-state index in [-0.39, 0.29) is 0 Å². The van der Waals surface area contributed by atoms with Crippen molar-refractivity contribution in [3.63, 3.8) is 0 Å². The fraction of sp³-hybridized carbons (Fsp3) is 0.714. The number of likely N-dealkylation sites (N-methyl/N-ethyl adjacent to an activating group) is 1. The first-order chi connectivity index (χ1) is 9.61. The zero-order chi connectivity index (χ0) is 14.3. The van der Waals surface area contributed by atoms with Gasteiger partial charge in [0.15, 0.2) is 5.65 Å². The Labute approximate surface area is 124 Å². The van der Waals surface area contributed by atoms with E-state index in [1.54, 1.807) is 0 Å². The molecule has 1 unspecified atom stereocenters. The van der Waals surface area contributed by atoms with E-state index in [2.05, 4.69) is 26.6 Å². The van der Waals surface area contributed by atoms with Crippen molar-refractivity contribution in [2.75, 3.05) is 13.6 Å². The topological polar surface area (TPSA) is 38.9 Å². The number of hydrogen-bond acceptors (Lipinski definition) is 3. The average molecular weight is 296 g/mol. The molecule has 0 amide bonds. The molecule has 0 radical (unpaired) electrons. The third kappa shape index (κ3) is 2.23. The number of aromatic nitrogens is 4. The lowest BCUT2D eigenvalue weighted by molar-refractivity contribution is 0.167. The number of imidazole rings is 1. The van der Waals surface area contributed by atoms with Gasteiger partial charge in [-0.3, -0.25) is 4.68 Å². The highest BCUT2D eigenvalue weighted by molar-refractivity contribution is 6.16. The molecule has 0 aliphatic carbocycles. The molecule has 110 valence electrons. The molecule has 0 aromatic carbocycles. The molecule has 20 heavy (non-hydrogen) atoms. The smallest absolute Gasteiger partial charge is 0.158 e. The Bertz CT molecular complexity index is 615. The quantitative estimate of drug-likeness (QED) is 0.816. The first kappa shape index (κ1) is 13.9. The number of rotatable bonds is 3. The van der Waals surface area contributed by atoms with Crippen molar-refractivity contribution in [3.8, 4) is 0 Å². The van der Waals surface area contributed by atoms with Crippen LogP contribution in [-0.4, -0.2) is 43.9 Å². The predicted octanol–water partition coefficient (Wildman–Crippen LogP) is 2.30. The van der Waals surface area contributed by atoms with Crippen molar-refractivity contribution in [2.45, 2.75) is 44.7 Å². The molecule has 0 bridgehead atoms. The number of alkyl halides is 1. The van der Waals surface area contributed by atoms with Gasteiger partial charge < -0.3 is 9.47 Å². The van der Waals surface area contributed by atoms with Crippen molar-refractivity contribution in [3.05, 3.63) is 11.5 Å². The van der Waals surface area contributed by atoms with Crippen LogP contribution in [0.5, 0.6) is 0 Å². The monoisotopic (exact) mass is 295 g/mol. The van der Waals surface area contributed by atoms with Gasteiger partial charge in [0.2, 0.25) is 0 Å². The minimum absolute atomic E-state index is 0.449. The van der Waals surface area contributed by atoms with Crippen LogP contribution in [0, 0.1) is 6.92 Å². The van der Waals surface area contributed by atoms with Gasteiger partial charge in [0.25, 0.3) is 0 Å². The van der Waals surface area contributed by atoms with Crippen molar-refractivity contribution in [2.24, 2.45) is 7.05 Å². The summed E-state index contributed by atoms with van der Waals surface area (Å²) < 4.78 is 4.19. The van der Waals surface area contributed by atoms with Crippen LogP contribution in [0.3, 0.4) is 0 Å². The Morgan fingerprint density at radius 1 is 1.30 bits per heavy atom. The summed E-state index contributed by atoms with van der Waals surface area (Å²) in [4.78, 5) is 7.13. The Balaban J connectivity index is 2.00. The van der Waals surface area contributed by atoms with Gasteiger partial charge in [-0.05, 0) is 33.4 Å². The van der Waals surface area contributed by atoms with Crippen molar-refractivity contribution >= 4 is 22.8 Å². The maximum absolute atomic E-state index is 6.09. The molecule has 5 nitrogen and oxygen atoms in total. The van der Waals surface area contributed by atoms with Crippen LogP contribution in [0.15, 0.2) is 0 Å². The molecule has 1 saturated heterocycles. The SMILES string of the molecule is Cc1nn(C)c2c1nc(CCl)n2CC1CCCCN1C. The largest absolute Gasteiger partial charge is 0.310 e. The van der Waals surface area contributed by atoms with E-state index in [9.17, 15) is 0 Å². The number of piperidine rings is 1. The summed E-state index contributed by atoms with van der Waals surface area (Å²) in [7, 11) is 4.20. The van der Waals surface area contributed by atoms with Crippen LogP contribution in [0.4, 0.5) is 0 Å². The van der Waals surface area contributed by atoms with Gasteiger partial charge in [-0.1, -0.05) is 6.42 Å². The summed E-state index contributed by atoms with van der Waals surface area (Å²) in [5.41, 5.74) is 3.06. The lowest BCUT2D eigenvalue weighted by atomic mass is 10.0. The second-order valence-electron chi connectivity index (χ2n) is 5.78. The van der Waals surface area contributed by atoms with Crippen LogP contribution in [-0.2, 0) is 19.5 Å². The summed E-state index contributed by atoms with van der Waals surface area (Å²) in [6.45, 7) is 4.14. The van der Waals surface area contributed by atoms with Gasteiger partial charge in [-0.15, -0.1) is 11.6 Å². The van der Waals surface area contributed by atoms with Crippen LogP contribution < -0.4 is 0 Å². The van der Waals surface area contributed by atoms with Gasteiger partial charge in [0.1, 0.15) is 11.3 Å². The summed E-state index contributed by atoms with van der Waals surface area (Å²) in [5.74, 6) is 1.40. The van der Waals surface area contributed by atoms with Gasteiger partial charge in [0, 0.05) is 19.6 Å². The third-order valence-corrected chi connectivity index (χ3v) is 4.64. The van der Waals surface area contributed by atoms with Gasteiger partial charge in [-0.25, -0.2) is 4.98 Å². The van der Waals surface area contributed by atoms with E-state index in [0.29, 0.717) is 11.9 Å². The lowest BCUT2D eigenvalue weighted by Crippen LogP contribution is -2.39. The third-order valence-electron chi connectivity index (χ3n) is 4.40. The highest BCUT2D eigenvalue weighted by Gasteiger charge is 2.23. The number of nitrogens with zero attached hydrogens (tertiary/aromatic N) is 5. The Kier molecular flexibility index (Phi) is 3.73. The number of fused-ring (bicyclic) bond motifs is 1. The van der Waals surface area contributed by atoms with Crippen molar-refractivity contribution in [1.29, 1.82) is 0 Å². The summed E-state index contributed by atoms with van der Waals surface area (Å²) in [6.07, 6.45) is 3.86. The summed E-state index contributed by atoms with van der Waals surface area (Å²) in [6, 6.07) is 0.568. The van der Waals surface area contributed by atoms with Crippen LogP contribution >= 0.6 is 11.6 Å². The molecule has 1 fully saturated rings. The van der Waals surface area contributed by atoms with Crippen LogP contribution in [0.1, 0.15) is 30.8 Å². The van der Waals surface area contributed by atoms with E-state index < -0.39 is 0 Å². The molecule has 0 saturated carbocycles. The number of aryl methyl sites for hydroxylation is 2. The molecular formula is C14H22ClN5. The first-order valence-corrected chi connectivity index (χ1v) is 7.80. The zero-order valence-electron chi connectivity index (χ0n) is 12.4. The van der Waals surface area contributed by atoms with Crippen molar-refractivity contribution in [1.82, 2.24) is 24.2 Å². The van der Waals surface area contributed by atoms with E-state index in [1.165, 1.54) is 25.8 Å². The lowest BCUT2D eigenvalue weighted by Gasteiger charge is -2.33. The second-order valence-corrected chi connectivity index (χ2v) is 6.05. The minimum Gasteiger partial charge on any atom is -0.310 e. The molecule has 1 atom stereocenters. The van der Waals surface area contributed by atoms with Crippen LogP contribution in [0.25, 0.3) is 11.2 Å². The molecule has 3 rings (SSSR count). The maximum Gasteiger partial charge on any atom is 0.158 e. The van der Waals surface area contributed by atoms with E-state index in [4.69, 9.17) is 11.6 Å². The number of halogens is 1. The summed E-state index contributed by atoms with van der Waals surface area (Å²) >= 11 is 6.09. The second kappa shape index (κ2) is 5.37. The van der Waals surface area contributed by atoms with E-state index >= 15 is 0 Å². The average Bonchev–Trinajstić information content (AvgIpc) is 2.92. The van der Waals surface area contributed by atoms with E-state index in [0.717, 1.165) is 29.2 Å². The molecule has 6 heteroatoms. The fourth-order valence-corrected chi connectivity index (χ4v) is 3.46. The molecule has 2 aromatic rings. The molecule has 0 N–H and O–H groups in total. The van der Waals surface area contributed by atoms with Gasteiger partial charge in [0.05, 0.1) is 11.6 Å². The molecule has 0 spiro atoms. The number of likely N-dealkylation sites (tertiary alicyclic amines) is 1. The Hall–Kier alpha value is -1.07. The van der Waals surface area contributed by atoms with Gasteiger partial charge in [-0.2, -0.15) is 5.10 Å². The normalized spacial score (nSPS) is 20.9. The standard InChI is InChI=1S/C14H22ClN5/c1-10-13-14(19(3)17-10)20(12(8-15)16-13)9-11-6-4-5-7-18(11)2/h11H,4-9H2,1-3H3. The molecular weight excluding hydrogens is 274 g/mol.